The molecule has 1 aromatic carbocycles. The monoisotopic (exact) mass is 339 g/mol. The summed E-state index contributed by atoms with van der Waals surface area (Å²) in [4.78, 5) is 9.69. The molecule has 134 valence electrons. The van der Waals surface area contributed by atoms with Gasteiger partial charge in [0.05, 0.1) is 0 Å². The highest BCUT2D eigenvalue weighted by Crippen LogP contribution is 2.40. The third-order valence-electron chi connectivity index (χ3n) is 5.78. The summed E-state index contributed by atoms with van der Waals surface area (Å²) in [6.07, 6.45) is 8.70. The van der Waals surface area contributed by atoms with Crippen molar-refractivity contribution in [3.05, 3.63) is 48.2 Å². The summed E-state index contributed by atoms with van der Waals surface area (Å²) in [6.45, 7) is 3.31. The van der Waals surface area contributed by atoms with Gasteiger partial charge in [0.2, 0.25) is 0 Å². The predicted molar refractivity (Wildman–Crippen MR) is 102 cm³/mol. The van der Waals surface area contributed by atoms with Crippen molar-refractivity contribution in [3.63, 3.8) is 0 Å². The van der Waals surface area contributed by atoms with E-state index in [1.54, 1.807) is 0 Å². The van der Waals surface area contributed by atoms with Crippen molar-refractivity contribution in [3.8, 4) is 0 Å². The highest BCUT2D eigenvalue weighted by atomic mass is 15.3. The van der Waals surface area contributed by atoms with Gasteiger partial charge < -0.3 is 16.0 Å². The number of hydrogen-bond acceptors (Lipinski definition) is 5. The molecule has 5 nitrogen and oxygen atoms in total. The van der Waals surface area contributed by atoms with Gasteiger partial charge in [0, 0.05) is 44.8 Å². The van der Waals surface area contributed by atoms with Crippen LogP contribution in [0, 0.1) is 5.92 Å². The van der Waals surface area contributed by atoms with Gasteiger partial charge in [-0.2, -0.15) is 0 Å². The first-order chi connectivity index (χ1) is 12.1. The average molecular weight is 339 g/mol. The molecule has 0 amide bonds. The average Bonchev–Trinajstić information content (AvgIpc) is 3.49. The quantitative estimate of drug-likeness (QED) is 0.882. The minimum Gasteiger partial charge on any atom is -0.343 e. The lowest BCUT2D eigenvalue weighted by Crippen LogP contribution is -2.52. The lowest BCUT2D eigenvalue weighted by atomic mass is 10.0. The number of nitrogens with one attached hydrogen (secondary N) is 1. The summed E-state index contributed by atoms with van der Waals surface area (Å²) >= 11 is 0. The van der Waals surface area contributed by atoms with Gasteiger partial charge in [-0.05, 0) is 37.3 Å². The van der Waals surface area contributed by atoms with E-state index in [0.717, 1.165) is 38.4 Å². The fourth-order valence-corrected chi connectivity index (χ4v) is 3.94. The van der Waals surface area contributed by atoms with Crippen LogP contribution in [0.4, 0.5) is 0 Å². The smallest absolute Gasteiger partial charge is 0.200 e. The van der Waals surface area contributed by atoms with Crippen molar-refractivity contribution in [1.82, 2.24) is 15.1 Å². The van der Waals surface area contributed by atoms with E-state index in [2.05, 4.69) is 52.5 Å². The van der Waals surface area contributed by atoms with Crippen molar-refractivity contribution in [1.29, 1.82) is 0 Å². The molecule has 1 unspecified atom stereocenters. The molecule has 2 aliphatic heterocycles. The lowest BCUT2D eigenvalue weighted by molar-refractivity contribution is 0.157. The lowest BCUT2D eigenvalue weighted by Gasteiger charge is -2.39. The van der Waals surface area contributed by atoms with Gasteiger partial charge in [0.1, 0.15) is 5.66 Å². The molecule has 1 aromatic rings. The van der Waals surface area contributed by atoms with Crippen LogP contribution in [0.5, 0.6) is 0 Å². The standard InChI is InChI=1S/C20H29N5/c1-24(19-22-12-11-20(21,23-19)17-7-8-17)18-9-13-25(14-10-18)15-16-5-3-2-4-6-16/h2-6,11-12,17-18H,7-10,13-15,21H2,1H3,(H,22,23). The maximum absolute atomic E-state index is 6.48. The van der Waals surface area contributed by atoms with Gasteiger partial charge in [0.25, 0.3) is 0 Å². The van der Waals surface area contributed by atoms with E-state index in [-0.39, 0.29) is 0 Å². The number of hydrogen-bond donors (Lipinski definition) is 2. The van der Waals surface area contributed by atoms with Gasteiger partial charge in [0.15, 0.2) is 5.96 Å². The summed E-state index contributed by atoms with van der Waals surface area (Å²) in [5.41, 5.74) is 7.38. The Kier molecular flexibility index (Phi) is 4.52. The summed E-state index contributed by atoms with van der Waals surface area (Å²) in [6, 6.07) is 11.3. The number of rotatable bonds is 4. The summed E-state index contributed by atoms with van der Waals surface area (Å²) < 4.78 is 0. The molecule has 0 bridgehead atoms. The zero-order chi connectivity index (χ0) is 17.3. The molecule has 1 aliphatic carbocycles. The van der Waals surface area contributed by atoms with E-state index < -0.39 is 5.66 Å². The molecular weight excluding hydrogens is 310 g/mol. The van der Waals surface area contributed by atoms with Crippen molar-refractivity contribution in [2.75, 3.05) is 20.1 Å². The third kappa shape index (κ3) is 3.72. The molecule has 1 saturated carbocycles. The Hall–Kier alpha value is -1.85. The molecule has 0 radical (unpaired) electrons. The Labute approximate surface area is 150 Å². The summed E-state index contributed by atoms with van der Waals surface area (Å²) in [5, 5.41) is 3.31. The first kappa shape index (κ1) is 16.6. The Morgan fingerprint density at radius 3 is 2.60 bits per heavy atom. The third-order valence-corrected chi connectivity index (χ3v) is 5.78. The molecule has 1 atom stereocenters. The van der Waals surface area contributed by atoms with E-state index in [1.807, 2.05) is 12.3 Å². The van der Waals surface area contributed by atoms with Crippen molar-refractivity contribution in [2.45, 2.75) is 43.9 Å². The second kappa shape index (κ2) is 6.81. The second-order valence-electron chi connectivity index (χ2n) is 7.68. The minimum absolute atomic E-state index is 0.497. The maximum atomic E-state index is 6.48. The highest BCUT2D eigenvalue weighted by Gasteiger charge is 2.42. The number of nitrogens with two attached hydrogens (primary N) is 1. The van der Waals surface area contributed by atoms with Crippen LogP contribution < -0.4 is 11.1 Å². The molecule has 1 saturated heterocycles. The Bertz CT molecular complexity index is 643. The van der Waals surface area contributed by atoms with Crippen LogP contribution in [0.2, 0.25) is 0 Å². The first-order valence-corrected chi connectivity index (χ1v) is 9.46. The van der Waals surface area contributed by atoms with Crippen LogP contribution >= 0.6 is 0 Å². The molecule has 0 aromatic heterocycles. The second-order valence-corrected chi connectivity index (χ2v) is 7.68. The van der Waals surface area contributed by atoms with Crippen LogP contribution in [0.1, 0.15) is 31.2 Å². The zero-order valence-corrected chi connectivity index (χ0v) is 15.1. The number of guanidine groups is 1. The molecule has 4 rings (SSSR count). The van der Waals surface area contributed by atoms with Gasteiger partial charge in [-0.25, -0.2) is 4.99 Å². The first-order valence-electron chi connectivity index (χ1n) is 9.46. The largest absolute Gasteiger partial charge is 0.343 e. The van der Waals surface area contributed by atoms with Gasteiger partial charge in [-0.15, -0.1) is 0 Å². The van der Waals surface area contributed by atoms with Crippen molar-refractivity contribution < 1.29 is 0 Å². The number of likely N-dealkylation sites (tertiary alicyclic amines) is 1. The fraction of sp³-hybridized carbons (Fsp3) is 0.550. The minimum atomic E-state index is -0.497. The van der Waals surface area contributed by atoms with Gasteiger partial charge in [-0.1, -0.05) is 30.3 Å². The summed E-state index contributed by atoms with van der Waals surface area (Å²) in [5.74, 6) is 1.44. The maximum Gasteiger partial charge on any atom is 0.200 e. The molecule has 3 N–H and O–H groups in total. The number of nitrogens with zero attached hydrogens (tertiary/aromatic N) is 3. The molecular formula is C20H29N5. The number of aliphatic imine (C=N–C) groups is 1. The van der Waals surface area contributed by atoms with Crippen LogP contribution in [0.15, 0.2) is 47.6 Å². The van der Waals surface area contributed by atoms with E-state index in [4.69, 9.17) is 10.7 Å². The van der Waals surface area contributed by atoms with Crippen LogP contribution in [0.25, 0.3) is 0 Å². The molecule has 2 fully saturated rings. The molecule has 5 heteroatoms. The Morgan fingerprint density at radius 2 is 1.92 bits per heavy atom. The van der Waals surface area contributed by atoms with E-state index >= 15 is 0 Å². The SMILES string of the molecule is CN(C1=NC(N)(C2CC2)C=CN1)C1CCN(Cc2ccccc2)CC1. The Morgan fingerprint density at radius 1 is 1.20 bits per heavy atom. The van der Waals surface area contributed by atoms with E-state index in [1.165, 1.54) is 18.4 Å². The number of benzene rings is 1. The van der Waals surface area contributed by atoms with Gasteiger partial charge >= 0.3 is 0 Å². The van der Waals surface area contributed by atoms with E-state index in [0.29, 0.717) is 12.0 Å². The Balaban J connectivity index is 1.33. The summed E-state index contributed by atoms with van der Waals surface area (Å²) in [7, 11) is 2.15. The van der Waals surface area contributed by atoms with Crippen LogP contribution in [-0.4, -0.2) is 47.6 Å². The normalized spacial score (nSPS) is 27.7. The highest BCUT2D eigenvalue weighted by molar-refractivity contribution is 5.82. The number of piperidine rings is 1. The fourth-order valence-electron chi connectivity index (χ4n) is 3.94. The molecule has 25 heavy (non-hydrogen) atoms. The zero-order valence-electron chi connectivity index (χ0n) is 15.1. The van der Waals surface area contributed by atoms with Crippen molar-refractivity contribution in [2.24, 2.45) is 16.6 Å². The molecule has 2 heterocycles. The van der Waals surface area contributed by atoms with Gasteiger partial charge in [-0.3, -0.25) is 4.90 Å². The van der Waals surface area contributed by atoms with Crippen LogP contribution in [0.3, 0.4) is 0 Å². The van der Waals surface area contributed by atoms with E-state index in [9.17, 15) is 0 Å². The molecule has 3 aliphatic rings. The predicted octanol–water partition coefficient (Wildman–Crippen LogP) is 2.12. The topological polar surface area (TPSA) is 56.9 Å². The molecule has 0 spiro atoms. The van der Waals surface area contributed by atoms with Crippen LogP contribution in [-0.2, 0) is 6.54 Å². The van der Waals surface area contributed by atoms with Crippen molar-refractivity contribution >= 4 is 5.96 Å².